The average molecular weight is 211 g/mol. The van der Waals surface area contributed by atoms with Crippen LogP contribution in [0.3, 0.4) is 0 Å². The Labute approximate surface area is 84.9 Å². The Hall–Kier alpha value is -1.95. The fourth-order valence-electron chi connectivity index (χ4n) is 1.17. The van der Waals surface area contributed by atoms with E-state index < -0.39 is 17.0 Å². The summed E-state index contributed by atoms with van der Waals surface area (Å²) in [6.07, 6.45) is -1.73. The molecule has 0 amide bonds. The van der Waals surface area contributed by atoms with Crippen molar-refractivity contribution >= 4 is 11.7 Å². The zero-order valence-electron chi connectivity index (χ0n) is 7.88. The zero-order chi connectivity index (χ0) is 11.6. The van der Waals surface area contributed by atoms with Gasteiger partial charge in [-0.15, -0.1) is 0 Å². The van der Waals surface area contributed by atoms with Crippen molar-refractivity contribution in [3.8, 4) is 0 Å². The molecular weight excluding hydrogens is 202 g/mol. The first-order chi connectivity index (χ1) is 6.93. The normalized spacial score (nSPS) is 12.1. The highest BCUT2D eigenvalue weighted by molar-refractivity contribution is 5.75. The molecule has 6 nitrogen and oxygen atoms in total. The Morgan fingerprint density at radius 1 is 1.53 bits per heavy atom. The third kappa shape index (κ3) is 2.29. The Balaban J connectivity index is 3.22. The largest absolute Gasteiger partial charge is 0.479 e. The maximum atomic E-state index is 10.5. The first kappa shape index (κ1) is 11.1. The first-order valence-corrected chi connectivity index (χ1v) is 4.09. The summed E-state index contributed by atoms with van der Waals surface area (Å²) in [6.45, 7) is 1.57. The zero-order valence-corrected chi connectivity index (χ0v) is 7.88. The number of aliphatic carboxylic acids is 1. The lowest BCUT2D eigenvalue weighted by molar-refractivity contribution is -0.385. The van der Waals surface area contributed by atoms with Gasteiger partial charge in [0.15, 0.2) is 6.10 Å². The second kappa shape index (κ2) is 4.05. The van der Waals surface area contributed by atoms with Crippen molar-refractivity contribution < 1.29 is 19.9 Å². The van der Waals surface area contributed by atoms with Crippen molar-refractivity contribution in [2.24, 2.45) is 0 Å². The minimum atomic E-state index is -1.73. The van der Waals surface area contributed by atoms with Crippen molar-refractivity contribution in [2.45, 2.75) is 13.0 Å². The molecule has 2 N–H and O–H groups in total. The summed E-state index contributed by atoms with van der Waals surface area (Å²) in [5, 5.41) is 28.3. The van der Waals surface area contributed by atoms with E-state index in [-0.39, 0.29) is 11.3 Å². The van der Waals surface area contributed by atoms with Crippen molar-refractivity contribution in [3.63, 3.8) is 0 Å². The number of hydrogen-bond donors (Lipinski definition) is 2. The van der Waals surface area contributed by atoms with Gasteiger partial charge in [0.25, 0.3) is 5.69 Å². The lowest BCUT2D eigenvalue weighted by atomic mass is 10.0. The van der Waals surface area contributed by atoms with E-state index in [9.17, 15) is 20.0 Å². The summed E-state index contributed by atoms with van der Waals surface area (Å²) in [6, 6.07) is 3.72. The molecular formula is C9H9NO5. The monoisotopic (exact) mass is 211 g/mol. The number of aliphatic hydroxyl groups excluding tert-OH is 1. The molecule has 0 saturated carbocycles. The predicted molar refractivity (Wildman–Crippen MR) is 50.4 cm³/mol. The molecule has 0 bridgehead atoms. The molecule has 6 heteroatoms. The van der Waals surface area contributed by atoms with Gasteiger partial charge < -0.3 is 10.2 Å². The minimum Gasteiger partial charge on any atom is -0.479 e. The predicted octanol–water partition coefficient (Wildman–Crippen LogP) is 1.02. The molecule has 1 unspecified atom stereocenters. The molecule has 0 aliphatic heterocycles. The number of hydrogen-bond acceptors (Lipinski definition) is 4. The van der Waals surface area contributed by atoms with Crippen LogP contribution in [0.1, 0.15) is 17.2 Å². The number of aryl methyl sites for hydroxylation is 1. The third-order valence-corrected chi connectivity index (χ3v) is 2.00. The standard InChI is InChI=1S/C9H9NO5/c1-5-2-3-6(10(14)15)4-7(5)8(11)9(12)13/h2-4,8,11H,1H3,(H,12,13). The highest BCUT2D eigenvalue weighted by atomic mass is 16.6. The quantitative estimate of drug-likeness (QED) is 0.574. The average Bonchev–Trinajstić information content (AvgIpc) is 2.16. The van der Waals surface area contributed by atoms with Gasteiger partial charge >= 0.3 is 5.97 Å². The lowest BCUT2D eigenvalue weighted by Gasteiger charge is -2.08. The molecule has 1 aromatic carbocycles. The summed E-state index contributed by atoms with van der Waals surface area (Å²) >= 11 is 0. The molecule has 0 fully saturated rings. The van der Waals surface area contributed by atoms with E-state index in [1.807, 2.05) is 0 Å². The molecule has 15 heavy (non-hydrogen) atoms. The van der Waals surface area contributed by atoms with Crippen molar-refractivity contribution in [1.29, 1.82) is 0 Å². The van der Waals surface area contributed by atoms with Gasteiger partial charge in [0.05, 0.1) is 4.92 Å². The molecule has 0 aromatic heterocycles. The summed E-state index contributed by atoms with van der Waals surface area (Å²) < 4.78 is 0. The SMILES string of the molecule is Cc1ccc([N+](=O)[O-])cc1C(O)C(=O)O. The number of benzene rings is 1. The Bertz CT molecular complexity index is 415. The van der Waals surface area contributed by atoms with Gasteiger partial charge in [0, 0.05) is 17.7 Å². The van der Waals surface area contributed by atoms with E-state index in [0.717, 1.165) is 6.07 Å². The Kier molecular flexibility index (Phi) is 3.01. The number of carboxylic acids is 1. The minimum absolute atomic E-state index is 0.0386. The van der Waals surface area contributed by atoms with Crippen LogP contribution in [0.5, 0.6) is 0 Å². The number of nitro groups is 1. The smallest absolute Gasteiger partial charge is 0.337 e. The number of carboxylic acid groups (broad SMARTS) is 1. The number of nitrogens with zero attached hydrogens (tertiary/aromatic N) is 1. The van der Waals surface area contributed by atoms with E-state index in [4.69, 9.17) is 5.11 Å². The number of rotatable bonds is 3. The van der Waals surface area contributed by atoms with Gasteiger partial charge in [0.2, 0.25) is 0 Å². The molecule has 0 heterocycles. The van der Waals surface area contributed by atoms with Crippen LogP contribution < -0.4 is 0 Å². The summed E-state index contributed by atoms with van der Waals surface area (Å²) in [7, 11) is 0. The van der Waals surface area contributed by atoms with Gasteiger partial charge in [0.1, 0.15) is 0 Å². The second-order valence-electron chi connectivity index (χ2n) is 3.04. The Morgan fingerprint density at radius 2 is 2.13 bits per heavy atom. The maximum absolute atomic E-state index is 10.5. The third-order valence-electron chi connectivity index (χ3n) is 2.00. The number of aliphatic hydroxyl groups is 1. The fraction of sp³-hybridized carbons (Fsp3) is 0.222. The molecule has 0 saturated heterocycles. The van der Waals surface area contributed by atoms with E-state index in [2.05, 4.69) is 0 Å². The number of non-ortho nitro benzene ring substituents is 1. The van der Waals surface area contributed by atoms with Crippen LogP contribution in [0.2, 0.25) is 0 Å². The Morgan fingerprint density at radius 3 is 2.60 bits per heavy atom. The molecule has 0 spiro atoms. The molecule has 0 aliphatic rings. The van der Waals surface area contributed by atoms with Crippen molar-refractivity contribution in [2.75, 3.05) is 0 Å². The number of nitro benzene ring substituents is 1. The van der Waals surface area contributed by atoms with Gasteiger partial charge in [-0.2, -0.15) is 0 Å². The van der Waals surface area contributed by atoms with Gasteiger partial charge in [-0.05, 0) is 12.5 Å². The molecule has 1 rings (SSSR count). The van der Waals surface area contributed by atoms with E-state index in [1.54, 1.807) is 6.92 Å². The number of carbonyl (C=O) groups is 1. The van der Waals surface area contributed by atoms with E-state index in [0.29, 0.717) is 5.56 Å². The fourth-order valence-corrected chi connectivity index (χ4v) is 1.17. The molecule has 1 atom stereocenters. The second-order valence-corrected chi connectivity index (χ2v) is 3.04. The summed E-state index contributed by atoms with van der Waals surface area (Å²) in [5.41, 5.74) is 0.295. The van der Waals surface area contributed by atoms with Crippen LogP contribution in [-0.2, 0) is 4.79 Å². The first-order valence-electron chi connectivity index (χ1n) is 4.09. The van der Waals surface area contributed by atoms with Crippen LogP contribution in [0.25, 0.3) is 0 Å². The van der Waals surface area contributed by atoms with Gasteiger partial charge in [-0.1, -0.05) is 6.07 Å². The van der Waals surface area contributed by atoms with Crippen LogP contribution in [0.15, 0.2) is 18.2 Å². The van der Waals surface area contributed by atoms with Crippen LogP contribution in [0.4, 0.5) is 5.69 Å². The van der Waals surface area contributed by atoms with Gasteiger partial charge in [-0.25, -0.2) is 4.79 Å². The van der Waals surface area contributed by atoms with E-state index in [1.165, 1.54) is 12.1 Å². The van der Waals surface area contributed by atoms with Crippen LogP contribution in [-0.4, -0.2) is 21.1 Å². The van der Waals surface area contributed by atoms with Crippen LogP contribution in [0, 0.1) is 17.0 Å². The molecule has 80 valence electrons. The van der Waals surface area contributed by atoms with Crippen LogP contribution >= 0.6 is 0 Å². The van der Waals surface area contributed by atoms with Gasteiger partial charge in [-0.3, -0.25) is 10.1 Å². The topological polar surface area (TPSA) is 101 Å². The molecule has 0 radical (unpaired) electrons. The summed E-state index contributed by atoms with van der Waals surface area (Å²) in [4.78, 5) is 20.3. The lowest BCUT2D eigenvalue weighted by Crippen LogP contribution is -2.12. The highest BCUT2D eigenvalue weighted by Gasteiger charge is 2.20. The summed E-state index contributed by atoms with van der Waals surface area (Å²) in [5.74, 6) is -1.43. The van der Waals surface area contributed by atoms with Crippen molar-refractivity contribution in [1.82, 2.24) is 0 Å². The molecule has 1 aromatic rings. The van der Waals surface area contributed by atoms with E-state index >= 15 is 0 Å². The van der Waals surface area contributed by atoms with Crippen molar-refractivity contribution in [3.05, 3.63) is 39.4 Å². The highest BCUT2D eigenvalue weighted by Crippen LogP contribution is 2.23. The maximum Gasteiger partial charge on any atom is 0.337 e. The molecule has 0 aliphatic carbocycles.